The van der Waals surface area contributed by atoms with E-state index in [2.05, 4.69) is 50.4 Å². The van der Waals surface area contributed by atoms with Gasteiger partial charge in [0, 0.05) is 12.1 Å². The zero-order valence-corrected chi connectivity index (χ0v) is 12.5. The average molecular weight is 261 g/mol. The lowest BCUT2D eigenvalue weighted by molar-refractivity contribution is 0.317. The Bertz CT molecular complexity index is 373. The Morgan fingerprint density at radius 3 is 2.58 bits per heavy atom. The van der Waals surface area contributed by atoms with Crippen molar-refractivity contribution in [2.45, 2.75) is 58.5 Å². The van der Waals surface area contributed by atoms with Crippen molar-refractivity contribution in [1.29, 1.82) is 0 Å². The Balaban J connectivity index is 1.89. The molecule has 0 bridgehead atoms. The van der Waals surface area contributed by atoms with Crippen LogP contribution in [0.5, 0.6) is 5.75 Å². The van der Waals surface area contributed by atoms with Gasteiger partial charge in [0.05, 0.1) is 6.61 Å². The molecule has 0 amide bonds. The third-order valence-electron chi connectivity index (χ3n) is 4.18. The molecule has 0 heterocycles. The molecule has 106 valence electrons. The highest BCUT2D eigenvalue weighted by atomic mass is 16.5. The van der Waals surface area contributed by atoms with Gasteiger partial charge in [-0.15, -0.1) is 0 Å². The van der Waals surface area contributed by atoms with Crippen molar-refractivity contribution in [3.63, 3.8) is 0 Å². The van der Waals surface area contributed by atoms with E-state index in [1.807, 2.05) is 0 Å². The highest BCUT2D eigenvalue weighted by Gasteiger charge is 2.24. The summed E-state index contributed by atoms with van der Waals surface area (Å²) in [4.78, 5) is 0. The van der Waals surface area contributed by atoms with Gasteiger partial charge in [-0.05, 0) is 49.8 Å². The van der Waals surface area contributed by atoms with E-state index in [4.69, 9.17) is 4.74 Å². The molecule has 1 aromatic carbocycles. The third kappa shape index (κ3) is 3.97. The lowest BCUT2D eigenvalue weighted by Crippen LogP contribution is -2.33. The van der Waals surface area contributed by atoms with Crippen molar-refractivity contribution >= 4 is 0 Å². The molecule has 0 saturated heterocycles. The second-order valence-electron chi connectivity index (χ2n) is 5.82. The molecule has 1 saturated carbocycles. The monoisotopic (exact) mass is 261 g/mol. The minimum atomic E-state index is 0.422. The van der Waals surface area contributed by atoms with Crippen LogP contribution in [-0.4, -0.2) is 12.6 Å². The van der Waals surface area contributed by atoms with Crippen LogP contribution >= 0.6 is 0 Å². The summed E-state index contributed by atoms with van der Waals surface area (Å²) in [6.07, 6.45) is 5.12. The fourth-order valence-electron chi connectivity index (χ4n) is 2.88. The summed E-state index contributed by atoms with van der Waals surface area (Å²) >= 11 is 0. The quantitative estimate of drug-likeness (QED) is 0.823. The number of benzene rings is 1. The van der Waals surface area contributed by atoms with Crippen LogP contribution in [0.4, 0.5) is 0 Å². The maximum absolute atomic E-state index is 5.62. The minimum absolute atomic E-state index is 0.422. The number of rotatable bonds is 6. The lowest BCUT2D eigenvalue weighted by atomic mass is 10.0. The van der Waals surface area contributed by atoms with Gasteiger partial charge < -0.3 is 10.1 Å². The summed E-state index contributed by atoms with van der Waals surface area (Å²) in [7, 11) is 0. The minimum Gasteiger partial charge on any atom is -0.494 e. The second-order valence-corrected chi connectivity index (χ2v) is 5.82. The molecule has 0 spiro atoms. The fourth-order valence-corrected chi connectivity index (χ4v) is 2.88. The molecule has 1 aliphatic rings. The van der Waals surface area contributed by atoms with E-state index in [9.17, 15) is 0 Å². The van der Waals surface area contributed by atoms with Crippen molar-refractivity contribution < 1.29 is 4.74 Å². The molecule has 3 atom stereocenters. The molecule has 1 aliphatic carbocycles. The smallest absolute Gasteiger partial charge is 0.119 e. The molecule has 3 unspecified atom stereocenters. The summed E-state index contributed by atoms with van der Waals surface area (Å²) in [5, 5.41) is 3.77. The van der Waals surface area contributed by atoms with Crippen LogP contribution in [-0.2, 0) is 0 Å². The van der Waals surface area contributed by atoms with Gasteiger partial charge in [-0.2, -0.15) is 0 Å². The van der Waals surface area contributed by atoms with E-state index >= 15 is 0 Å². The maximum atomic E-state index is 5.62. The van der Waals surface area contributed by atoms with Crippen LogP contribution in [0.1, 0.15) is 58.1 Å². The standard InChI is InChI=1S/C17H27NO/c1-4-12-19-16-10-8-15(9-11-16)14(3)18-17-7-5-6-13(17)2/h8-11,13-14,17-18H,4-7,12H2,1-3H3. The highest BCUT2D eigenvalue weighted by molar-refractivity contribution is 5.29. The SMILES string of the molecule is CCCOc1ccc(C(C)NC2CCCC2C)cc1. The van der Waals surface area contributed by atoms with Gasteiger partial charge in [0.15, 0.2) is 0 Å². The van der Waals surface area contributed by atoms with E-state index in [-0.39, 0.29) is 0 Å². The molecule has 2 rings (SSSR count). The molecule has 1 aromatic rings. The molecule has 2 nitrogen and oxygen atoms in total. The first-order chi connectivity index (χ1) is 9.20. The molecule has 0 aromatic heterocycles. The Morgan fingerprint density at radius 1 is 1.26 bits per heavy atom. The van der Waals surface area contributed by atoms with Crippen molar-refractivity contribution in [2.24, 2.45) is 5.92 Å². The van der Waals surface area contributed by atoms with Crippen molar-refractivity contribution in [3.05, 3.63) is 29.8 Å². The Labute approximate surface area is 117 Å². The predicted molar refractivity (Wildman–Crippen MR) is 80.6 cm³/mol. The third-order valence-corrected chi connectivity index (χ3v) is 4.18. The number of hydrogen-bond donors (Lipinski definition) is 1. The second kappa shape index (κ2) is 6.95. The molecule has 19 heavy (non-hydrogen) atoms. The van der Waals surface area contributed by atoms with Gasteiger partial charge in [0.2, 0.25) is 0 Å². The van der Waals surface area contributed by atoms with Crippen LogP contribution in [0.15, 0.2) is 24.3 Å². The van der Waals surface area contributed by atoms with Gasteiger partial charge >= 0.3 is 0 Å². The van der Waals surface area contributed by atoms with Gasteiger partial charge in [0.25, 0.3) is 0 Å². The van der Waals surface area contributed by atoms with Crippen LogP contribution in [0, 0.1) is 5.92 Å². The summed E-state index contributed by atoms with van der Waals surface area (Å²) in [6, 6.07) is 9.64. The molecule has 1 fully saturated rings. The maximum Gasteiger partial charge on any atom is 0.119 e. The average Bonchev–Trinajstić information content (AvgIpc) is 2.82. The largest absolute Gasteiger partial charge is 0.494 e. The lowest BCUT2D eigenvalue weighted by Gasteiger charge is -2.23. The first kappa shape index (κ1) is 14.4. The first-order valence-corrected chi connectivity index (χ1v) is 7.69. The molecule has 0 radical (unpaired) electrons. The summed E-state index contributed by atoms with van der Waals surface area (Å²) < 4.78 is 5.62. The van der Waals surface area contributed by atoms with Gasteiger partial charge in [-0.3, -0.25) is 0 Å². The molecular formula is C17H27NO. The summed E-state index contributed by atoms with van der Waals surface area (Å²) in [5.41, 5.74) is 1.35. The predicted octanol–water partition coefficient (Wildman–Crippen LogP) is 4.31. The van der Waals surface area contributed by atoms with Gasteiger partial charge in [0.1, 0.15) is 5.75 Å². The molecular weight excluding hydrogens is 234 g/mol. The van der Waals surface area contributed by atoms with E-state index in [1.54, 1.807) is 0 Å². The Kier molecular flexibility index (Phi) is 5.26. The number of nitrogens with one attached hydrogen (secondary N) is 1. The van der Waals surface area contributed by atoms with Crippen molar-refractivity contribution in [1.82, 2.24) is 5.32 Å². The zero-order chi connectivity index (χ0) is 13.7. The first-order valence-electron chi connectivity index (χ1n) is 7.69. The normalized spacial score (nSPS) is 24.4. The summed E-state index contributed by atoms with van der Waals surface area (Å²) in [5.74, 6) is 1.79. The fraction of sp³-hybridized carbons (Fsp3) is 0.647. The molecule has 2 heteroatoms. The van der Waals surface area contributed by atoms with Gasteiger partial charge in [-0.1, -0.05) is 32.4 Å². The van der Waals surface area contributed by atoms with Crippen molar-refractivity contribution in [2.75, 3.05) is 6.61 Å². The van der Waals surface area contributed by atoms with Crippen LogP contribution in [0.3, 0.4) is 0 Å². The van der Waals surface area contributed by atoms with Crippen LogP contribution < -0.4 is 10.1 Å². The van der Waals surface area contributed by atoms with Crippen molar-refractivity contribution in [3.8, 4) is 5.75 Å². The summed E-state index contributed by atoms with van der Waals surface area (Å²) in [6.45, 7) is 7.54. The molecule has 0 aliphatic heterocycles. The Morgan fingerprint density at radius 2 is 2.00 bits per heavy atom. The topological polar surface area (TPSA) is 21.3 Å². The molecule has 1 N–H and O–H groups in total. The number of ether oxygens (including phenoxy) is 1. The van der Waals surface area contributed by atoms with Gasteiger partial charge in [-0.25, -0.2) is 0 Å². The zero-order valence-electron chi connectivity index (χ0n) is 12.5. The van der Waals surface area contributed by atoms with Crippen LogP contribution in [0.2, 0.25) is 0 Å². The number of hydrogen-bond acceptors (Lipinski definition) is 2. The van der Waals surface area contributed by atoms with E-state index < -0.39 is 0 Å². The Hall–Kier alpha value is -1.02. The highest BCUT2D eigenvalue weighted by Crippen LogP contribution is 2.27. The van der Waals surface area contributed by atoms with E-state index in [0.29, 0.717) is 12.1 Å². The van der Waals surface area contributed by atoms with E-state index in [0.717, 1.165) is 24.7 Å². The van der Waals surface area contributed by atoms with E-state index in [1.165, 1.54) is 24.8 Å². The van der Waals surface area contributed by atoms with Crippen LogP contribution in [0.25, 0.3) is 0 Å².